The maximum absolute atomic E-state index is 11.1. The van der Waals surface area contributed by atoms with Gasteiger partial charge in [-0.1, -0.05) is 13.8 Å². The zero-order chi connectivity index (χ0) is 14.0. The molecule has 0 fully saturated rings. The smallest absolute Gasteiger partial charge is 0.336 e. The molecule has 0 radical (unpaired) electrons. The minimum Gasteiger partial charge on any atom is -0.504 e. The number of benzene rings is 1. The Labute approximate surface area is 110 Å². The first-order chi connectivity index (χ1) is 8.97. The van der Waals surface area contributed by atoms with Crippen LogP contribution in [-0.4, -0.2) is 22.9 Å². The lowest BCUT2D eigenvalue weighted by Gasteiger charge is -2.16. The van der Waals surface area contributed by atoms with Gasteiger partial charge in [-0.3, -0.25) is 0 Å². The van der Waals surface area contributed by atoms with Gasteiger partial charge >= 0.3 is 5.63 Å². The summed E-state index contributed by atoms with van der Waals surface area (Å²) in [5.41, 5.74) is -0.134. The zero-order valence-corrected chi connectivity index (χ0v) is 10.8. The van der Waals surface area contributed by atoms with E-state index < -0.39 is 11.7 Å². The Morgan fingerprint density at radius 2 is 2.05 bits per heavy atom. The minimum atomic E-state index is -0.627. The van der Waals surface area contributed by atoms with Crippen molar-refractivity contribution in [2.45, 2.75) is 20.0 Å². The fraction of sp³-hybridized carbons (Fsp3) is 0.357. The van der Waals surface area contributed by atoms with Crippen LogP contribution in [0.4, 0.5) is 0 Å². The van der Waals surface area contributed by atoms with Crippen LogP contribution < -0.4 is 10.4 Å². The predicted molar refractivity (Wildman–Crippen MR) is 70.5 cm³/mol. The summed E-state index contributed by atoms with van der Waals surface area (Å²) in [4.78, 5) is 11.1. The van der Waals surface area contributed by atoms with Crippen molar-refractivity contribution in [1.29, 1.82) is 0 Å². The van der Waals surface area contributed by atoms with Crippen LogP contribution in [0.15, 0.2) is 33.5 Å². The van der Waals surface area contributed by atoms with Gasteiger partial charge in [0, 0.05) is 17.5 Å². The molecule has 1 heterocycles. The van der Waals surface area contributed by atoms with Gasteiger partial charge in [0.05, 0.1) is 6.10 Å². The number of ether oxygens (including phenoxy) is 1. The summed E-state index contributed by atoms with van der Waals surface area (Å²) in [6.07, 6.45) is -0.627. The molecule has 0 bridgehead atoms. The quantitative estimate of drug-likeness (QED) is 0.824. The average Bonchev–Trinajstić information content (AvgIpc) is 2.36. The lowest BCUT2D eigenvalue weighted by molar-refractivity contribution is 0.0690. The maximum atomic E-state index is 11.1. The molecule has 102 valence electrons. The van der Waals surface area contributed by atoms with E-state index in [4.69, 9.17) is 9.15 Å². The van der Waals surface area contributed by atoms with Crippen molar-refractivity contribution in [3.05, 3.63) is 34.7 Å². The number of aliphatic hydroxyl groups excluding tert-OH is 1. The molecule has 5 heteroatoms. The van der Waals surface area contributed by atoms with E-state index in [1.807, 2.05) is 13.8 Å². The third-order valence-electron chi connectivity index (χ3n) is 2.88. The van der Waals surface area contributed by atoms with Crippen molar-refractivity contribution in [2.75, 3.05) is 6.61 Å². The highest BCUT2D eigenvalue weighted by Crippen LogP contribution is 2.31. The van der Waals surface area contributed by atoms with Gasteiger partial charge in [-0.25, -0.2) is 4.79 Å². The third-order valence-corrected chi connectivity index (χ3v) is 2.88. The van der Waals surface area contributed by atoms with Crippen molar-refractivity contribution < 1.29 is 19.4 Å². The van der Waals surface area contributed by atoms with Crippen LogP contribution in [0.2, 0.25) is 0 Å². The maximum Gasteiger partial charge on any atom is 0.336 e. The van der Waals surface area contributed by atoms with Gasteiger partial charge in [0.1, 0.15) is 12.2 Å². The van der Waals surface area contributed by atoms with E-state index in [-0.39, 0.29) is 24.0 Å². The number of rotatable bonds is 4. The van der Waals surface area contributed by atoms with Crippen LogP contribution in [0.3, 0.4) is 0 Å². The molecule has 5 nitrogen and oxygen atoms in total. The van der Waals surface area contributed by atoms with Crippen LogP contribution in [0.25, 0.3) is 11.0 Å². The first-order valence-corrected chi connectivity index (χ1v) is 6.05. The summed E-state index contributed by atoms with van der Waals surface area (Å²) in [5.74, 6) is 0.180. The number of hydrogen-bond acceptors (Lipinski definition) is 5. The van der Waals surface area contributed by atoms with Gasteiger partial charge in [0.15, 0.2) is 11.5 Å². The second-order valence-electron chi connectivity index (χ2n) is 4.73. The van der Waals surface area contributed by atoms with Crippen LogP contribution in [-0.2, 0) is 0 Å². The van der Waals surface area contributed by atoms with Crippen LogP contribution in [0, 0.1) is 5.92 Å². The van der Waals surface area contributed by atoms with E-state index in [0.29, 0.717) is 11.0 Å². The minimum absolute atomic E-state index is 0.0560. The highest BCUT2D eigenvalue weighted by molar-refractivity contribution is 5.80. The number of fused-ring (bicyclic) bond motifs is 1. The van der Waals surface area contributed by atoms with Crippen molar-refractivity contribution in [3.63, 3.8) is 0 Å². The summed E-state index contributed by atoms with van der Waals surface area (Å²) in [7, 11) is 0. The van der Waals surface area contributed by atoms with E-state index in [1.165, 1.54) is 18.2 Å². The van der Waals surface area contributed by atoms with E-state index in [9.17, 15) is 15.0 Å². The molecule has 1 aromatic heterocycles. The molecule has 19 heavy (non-hydrogen) atoms. The largest absolute Gasteiger partial charge is 0.504 e. The Morgan fingerprint density at radius 1 is 1.32 bits per heavy atom. The molecule has 2 aromatic rings. The predicted octanol–water partition coefficient (Wildman–Crippen LogP) is 1.89. The average molecular weight is 264 g/mol. The number of aromatic hydroxyl groups is 1. The van der Waals surface area contributed by atoms with E-state index in [2.05, 4.69) is 0 Å². The fourth-order valence-electron chi connectivity index (χ4n) is 1.57. The van der Waals surface area contributed by atoms with Gasteiger partial charge in [-0.15, -0.1) is 0 Å². The molecular weight excluding hydrogens is 248 g/mol. The van der Waals surface area contributed by atoms with Gasteiger partial charge in [-0.05, 0) is 18.1 Å². The van der Waals surface area contributed by atoms with E-state index >= 15 is 0 Å². The van der Waals surface area contributed by atoms with Crippen molar-refractivity contribution in [1.82, 2.24) is 0 Å². The number of phenolic OH excluding ortho intramolecular Hbond substituents is 1. The van der Waals surface area contributed by atoms with Crippen molar-refractivity contribution >= 4 is 11.0 Å². The standard InChI is InChI=1S/C14H16O5/c1-8(2)11(16)7-18-13-6-12-9(5-10(13)15)3-4-14(17)19-12/h3-6,8,11,15-16H,7H2,1-2H3. The molecule has 1 unspecified atom stereocenters. The van der Waals surface area contributed by atoms with Gasteiger partial charge in [0.2, 0.25) is 0 Å². The molecule has 1 aromatic carbocycles. The molecule has 0 saturated heterocycles. The Hall–Kier alpha value is -2.01. The summed E-state index contributed by atoms with van der Waals surface area (Å²) in [6.45, 7) is 3.80. The van der Waals surface area contributed by atoms with Crippen LogP contribution in [0.5, 0.6) is 11.5 Å². The molecular formula is C14H16O5. The first-order valence-electron chi connectivity index (χ1n) is 6.05. The Balaban J connectivity index is 2.28. The molecule has 1 atom stereocenters. The Morgan fingerprint density at radius 3 is 2.74 bits per heavy atom. The fourth-order valence-corrected chi connectivity index (χ4v) is 1.57. The van der Waals surface area contributed by atoms with E-state index in [1.54, 1.807) is 6.07 Å². The number of phenols is 1. The normalized spacial score (nSPS) is 12.8. The molecule has 0 aliphatic rings. The van der Waals surface area contributed by atoms with Crippen molar-refractivity contribution in [3.8, 4) is 11.5 Å². The summed E-state index contributed by atoms with van der Waals surface area (Å²) in [6, 6.07) is 5.74. The highest BCUT2D eigenvalue weighted by Gasteiger charge is 2.12. The molecule has 0 spiro atoms. The number of hydrogen-bond donors (Lipinski definition) is 2. The Kier molecular flexibility index (Phi) is 3.76. The lowest BCUT2D eigenvalue weighted by atomic mass is 10.1. The first kappa shape index (κ1) is 13.4. The van der Waals surface area contributed by atoms with Crippen LogP contribution in [0.1, 0.15) is 13.8 Å². The number of aliphatic hydroxyl groups is 1. The van der Waals surface area contributed by atoms with Gasteiger partial charge in [0.25, 0.3) is 0 Å². The summed E-state index contributed by atoms with van der Waals surface area (Å²) >= 11 is 0. The molecule has 2 rings (SSSR count). The topological polar surface area (TPSA) is 79.9 Å². The van der Waals surface area contributed by atoms with Gasteiger partial charge < -0.3 is 19.4 Å². The lowest BCUT2D eigenvalue weighted by Crippen LogP contribution is -2.23. The third kappa shape index (κ3) is 3.06. The molecule has 0 aliphatic heterocycles. The van der Waals surface area contributed by atoms with Gasteiger partial charge in [-0.2, -0.15) is 0 Å². The summed E-state index contributed by atoms with van der Waals surface area (Å²) < 4.78 is 10.3. The zero-order valence-electron chi connectivity index (χ0n) is 10.8. The molecule has 0 amide bonds. The molecule has 0 aliphatic carbocycles. The van der Waals surface area contributed by atoms with E-state index in [0.717, 1.165) is 0 Å². The van der Waals surface area contributed by atoms with Crippen molar-refractivity contribution in [2.24, 2.45) is 5.92 Å². The second-order valence-corrected chi connectivity index (χ2v) is 4.73. The van der Waals surface area contributed by atoms with Crippen LogP contribution >= 0.6 is 0 Å². The highest BCUT2D eigenvalue weighted by atomic mass is 16.5. The Bertz CT molecular complexity index is 629. The summed E-state index contributed by atoms with van der Waals surface area (Å²) in [5, 5.41) is 20.1. The molecule has 2 N–H and O–H groups in total. The SMILES string of the molecule is CC(C)C(O)COc1cc2oc(=O)ccc2cc1O. The second kappa shape index (κ2) is 5.32. The monoisotopic (exact) mass is 264 g/mol. The molecule has 0 saturated carbocycles.